The number of amides is 1. The van der Waals surface area contributed by atoms with Crippen molar-refractivity contribution in [1.82, 2.24) is 20.1 Å². The van der Waals surface area contributed by atoms with Gasteiger partial charge in [-0.2, -0.15) is 18.3 Å². The van der Waals surface area contributed by atoms with Gasteiger partial charge < -0.3 is 5.32 Å². The van der Waals surface area contributed by atoms with Crippen LogP contribution in [0.2, 0.25) is 0 Å². The van der Waals surface area contributed by atoms with E-state index in [4.69, 9.17) is 0 Å². The van der Waals surface area contributed by atoms with Crippen molar-refractivity contribution in [1.29, 1.82) is 0 Å². The van der Waals surface area contributed by atoms with Gasteiger partial charge in [-0.15, -0.1) is 0 Å². The van der Waals surface area contributed by atoms with Crippen molar-refractivity contribution in [2.24, 2.45) is 0 Å². The van der Waals surface area contributed by atoms with Crippen LogP contribution < -0.4 is 5.32 Å². The second kappa shape index (κ2) is 7.38. The molecule has 3 aromatic rings. The number of halogens is 3. The maximum atomic E-state index is 12.6. The van der Waals surface area contributed by atoms with Crippen molar-refractivity contribution in [3.8, 4) is 5.69 Å². The van der Waals surface area contributed by atoms with E-state index in [1.165, 1.54) is 6.20 Å². The van der Waals surface area contributed by atoms with Crippen LogP contribution in [-0.2, 0) is 12.6 Å². The van der Waals surface area contributed by atoms with Crippen LogP contribution in [0.5, 0.6) is 0 Å². The zero-order chi connectivity index (χ0) is 18.6. The molecule has 2 aromatic heterocycles. The fraction of sp³-hybridized carbons (Fsp3) is 0.167. The van der Waals surface area contributed by atoms with Gasteiger partial charge in [0.2, 0.25) is 0 Å². The summed E-state index contributed by atoms with van der Waals surface area (Å²) in [5.74, 6) is -0.260. The predicted molar refractivity (Wildman–Crippen MR) is 88.8 cm³/mol. The normalized spacial score (nSPS) is 11.3. The number of alkyl halides is 3. The van der Waals surface area contributed by atoms with Crippen LogP contribution in [0.25, 0.3) is 5.69 Å². The molecule has 2 heterocycles. The van der Waals surface area contributed by atoms with E-state index in [1.54, 1.807) is 30.5 Å². The van der Waals surface area contributed by atoms with E-state index in [0.717, 1.165) is 16.4 Å². The molecular formula is C18H15F3N4O. The molecule has 0 aliphatic rings. The molecule has 3 rings (SSSR count). The largest absolute Gasteiger partial charge is 0.435 e. The summed E-state index contributed by atoms with van der Waals surface area (Å²) in [7, 11) is 0. The Hall–Kier alpha value is -3.16. The molecule has 1 aromatic carbocycles. The monoisotopic (exact) mass is 360 g/mol. The maximum Gasteiger partial charge on any atom is 0.435 e. The van der Waals surface area contributed by atoms with Crippen molar-refractivity contribution in [3.05, 3.63) is 77.9 Å². The summed E-state index contributed by atoms with van der Waals surface area (Å²) in [6.07, 6.45) is -0.961. The second-order valence-electron chi connectivity index (χ2n) is 5.52. The first-order valence-electron chi connectivity index (χ1n) is 7.85. The molecule has 0 saturated carbocycles. The Bertz CT molecular complexity index is 873. The molecule has 8 heteroatoms. The number of carbonyl (C=O) groups is 1. The van der Waals surface area contributed by atoms with Crippen molar-refractivity contribution in [2.75, 3.05) is 6.54 Å². The van der Waals surface area contributed by atoms with Crippen LogP contribution in [0.1, 0.15) is 21.7 Å². The first-order valence-corrected chi connectivity index (χ1v) is 7.85. The van der Waals surface area contributed by atoms with Gasteiger partial charge in [-0.1, -0.05) is 6.07 Å². The van der Waals surface area contributed by atoms with Crippen molar-refractivity contribution in [2.45, 2.75) is 12.6 Å². The number of carbonyl (C=O) groups excluding carboxylic acids is 1. The standard InChI is InChI=1S/C18H15F3N4O/c19-18(20,21)16-9-12-25(24-16)15-6-4-13(5-7-15)17(26)23-11-8-14-3-1-2-10-22-14/h1-7,9-10,12H,8,11H2,(H,23,26). The summed E-state index contributed by atoms with van der Waals surface area (Å²) in [5, 5.41) is 6.27. The summed E-state index contributed by atoms with van der Waals surface area (Å²) in [6.45, 7) is 0.436. The first kappa shape index (κ1) is 17.7. The van der Waals surface area contributed by atoms with E-state index >= 15 is 0 Å². The Labute approximate surface area is 147 Å². The molecule has 5 nitrogen and oxygen atoms in total. The molecule has 0 aliphatic carbocycles. The van der Waals surface area contributed by atoms with E-state index in [0.29, 0.717) is 24.2 Å². The van der Waals surface area contributed by atoms with Crippen LogP contribution in [0.4, 0.5) is 13.2 Å². The third-order valence-corrected chi connectivity index (χ3v) is 3.67. The fourth-order valence-corrected chi connectivity index (χ4v) is 2.34. The van der Waals surface area contributed by atoms with Gasteiger partial charge in [-0.25, -0.2) is 4.68 Å². The quantitative estimate of drug-likeness (QED) is 0.760. The van der Waals surface area contributed by atoms with E-state index in [1.807, 2.05) is 18.2 Å². The van der Waals surface area contributed by atoms with Gasteiger partial charge in [0.25, 0.3) is 5.91 Å². The number of rotatable bonds is 5. The minimum Gasteiger partial charge on any atom is -0.352 e. The lowest BCUT2D eigenvalue weighted by Crippen LogP contribution is -2.25. The Morgan fingerprint density at radius 1 is 1.08 bits per heavy atom. The Balaban J connectivity index is 1.60. The maximum absolute atomic E-state index is 12.6. The minimum absolute atomic E-state index is 0.260. The zero-order valence-electron chi connectivity index (χ0n) is 13.6. The molecule has 0 radical (unpaired) electrons. The summed E-state index contributed by atoms with van der Waals surface area (Å²) in [5.41, 5.74) is 0.764. The average Bonchev–Trinajstić information content (AvgIpc) is 3.13. The molecule has 134 valence electrons. The van der Waals surface area contributed by atoms with Gasteiger partial charge in [0.1, 0.15) is 0 Å². The lowest BCUT2D eigenvalue weighted by molar-refractivity contribution is -0.141. The van der Waals surface area contributed by atoms with Gasteiger partial charge in [0.15, 0.2) is 5.69 Å². The molecule has 0 bridgehead atoms. The number of aromatic nitrogens is 3. The lowest BCUT2D eigenvalue weighted by Gasteiger charge is -2.07. The van der Waals surface area contributed by atoms with E-state index in [-0.39, 0.29) is 5.91 Å². The molecule has 1 N–H and O–H groups in total. The summed E-state index contributed by atoms with van der Waals surface area (Å²) >= 11 is 0. The highest BCUT2D eigenvalue weighted by molar-refractivity contribution is 5.94. The van der Waals surface area contributed by atoms with Gasteiger partial charge in [0, 0.05) is 36.6 Å². The predicted octanol–water partition coefficient (Wildman–Crippen LogP) is 3.26. The Kier molecular flexibility index (Phi) is 5.01. The number of hydrogen-bond acceptors (Lipinski definition) is 3. The van der Waals surface area contributed by atoms with Crippen LogP contribution in [0.3, 0.4) is 0 Å². The lowest BCUT2D eigenvalue weighted by atomic mass is 10.2. The molecule has 0 atom stereocenters. The van der Waals surface area contributed by atoms with Crippen LogP contribution in [0.15, 0.2) is 60.9 Å². The number of nitrogens with one attached hydrogen (secondary N) is 1. The minimum atomic E-state index is -4.49. The third kappa shape index (κ3) is 4.27. The molecule has 0 aliphatic heterocycles. The van der Waals surface area contributed by atoms with Crippen LogP contribution >= 0.6 is 0 Å². The van der Waals surface area contributed by atoms with Gasteiger partial charge >= 0.3 is 6.18 Å². The van der Waals surface area contributed by atoms with Gasteiger partial charge in [-0.05, 0) is 42.5 Å². The molecular weight excluding hydrogens is 345 g/mol. The highest BCUT2D eigenvalue weighted by Crippen LogP contribution is 2.27. The van der Waals surface area contributed by atoms with Gasteiger partial charge in [0.05, 0.1) is 5.69 Å². The molecule has 0 unspecified atom stereocenters. The summed E-state index contributed by atoms with van der Waals surface area (Å²) in [6, 6.07) is 12.6. The molecule has 0 fully saturated rings. The van der Waals surface area contributed by atoms with Crippen LogP contribution in [0, 0.1) is 0 Å². The number of hydrogen-bond donors (Lipinski definition) is 1. The Morgan fingerprint density at radius 3 is 2.46 bits per heavy atom. The smallest absolute Gasteiger partial charge is 0.352 e. The average molecular weight is 360 g/mol. The molecule has 0 saturated heterocycles. The van der Waals surface area contributed by atoms with Crippen LogP contribution in [-0.4, -0.2) is 27.2 Å². The number of benzene rings is 1. The van der Waals surface area contributed by atoms with E-state index < -0.39 is 11.9 Å². The van der Waals surface area contributed by atoms with Gasteiger partial charge in [-0.3, -0.25) is 9.78 Å². The van der Waals surface area contributed by atoms with E-state index in [9.17, 15) is 18.0 Å². The fourth-order valence-electron chi connectivity index (χ4n) is 2.34. The van der Waals surface area contributed by atoms with E-state index in [2.05, 4.69) is 15.4 Å². The summed E-state index contributed by atoms with van der Waals surface area (Å²) in [4.78, 5) is 16.3. The first-order chi connectivity index (χ1) is 12.4. The second-order valence-corrected chi connectivity index (χ2v) is 5.52. The van der Waals surface area contributed by atoms with Crippen molar-refractivity contribution < 1.29 is 18.0 Å². The SMILES string of the molecule is O=C(NCCc1ccccn1)c1ccc(-n2ccc(C(F)(F)F)n2)cc1. The number of nitrogens with zero attached hydrogens (tertiary/aromatic N) is 3. The third-order valence-electron chi connectivity index (χ3n) is 3.67. The molecule has 0 spiro atoms. The number of pyridine rings is 1. The van der Waals surface area contributed by atoms with Crippen molar-refractivity contribution in [3.63, 3.8) is 0 Å². The highest BCUT2D eigenvalue weighted by atomic mass is 19.4. The Morgan fingerprint density at radius 2 is 1.85 bits per heavy atom. The van der Waals surface area contributed by atoms with Crippen molar-refractivity contribution >= 4 is 5.91 Å². The summed E-state index contributed by atoms with van der Waals surface area (Å²) < 4.78 is 38.9. The highest BCUT2D eigenvalue weighted by Gasteiger charge is 2.33. The molecule has 26 heavy (non-hydrogen) atoms. The zero-order valence-corrected chi connectivity index (χ0v) is 13.6. The molecule has 1 amide bonds. The topological polar surface area (TPSA) is 59.8 Å².